The van der Waals surface area contributed by atoms with Gasteiger partial charge in [0.25, 0.3) is 0 Å². The van der Waals surface area contributed by atoms with Crippen molar-refractivity contribution < 1.29 is 4.74 Å². The normalized spacial score (nSPS) is 39.2. The van der Waals surface area contributed by atoms with Crippen LogP contribution in [0.5, 0.6) is 0 Å². The van der Waals surface area contributed by atoms with E-state index in [-0.39, 0.29) is 0 Å². The summed E-state index contributed by atoms with van der Waals surface area (Å²) in [5, 5.41) is 0. The minimum atomic E-state index is 0.601. The molecule has 1 saturated heterocycles. The van der Waals surface area contributed by atoms with Crippen molar-refractivity contribution in [1.29, 1.82) is 0 Å². The van der Waals surface area contributed by atoms with E-state index in [0.29, 0.717) is 5.41 Å². The second-order valence-electron chi connectivity index (χ2n) is 5.74. The number of hydrogen-bond donors (Lipinski definition) is 0. The molecule has 1 nitrogen and oxygen atoms in total. The molecule has 2 rings (SSSR count). The molecule has 1 heterocycles. The highest BCUT2D eigenvalue weighted by Crippen LogP contribution is 2.45. The Kier molecular flexibility index (Phi) is 3.16. The minimum Gasteiger partial charge on any atom is -0.381 e. The summed E-state index contributed by atoms with van der Waals surface area (Å²) in [5.74, 6) is 1.87. The second kappa shape index (κ2) is 4.22. The summed E-state index contributed by atoms with van der Waals surface area (Å²) in [5.41, 5.74) is 0.601. The van der Waals surface area contributed by atoms with E-state index in [2.05, 4.69) is 13.8 Å². The van der Waals surface area contributed by atoms with Crippen LogP contribution in [-0.2, 0) is 4.74 Å². The molecule has 1 aliphatic heterocycles. The minimum absolute atomic E-state index is 0.601. The Morgan fingerprint density at radius 1 is 1.14 bits per heavy atom. The first-order valence-electron chi connectivity index (χ1n) is 6.30. The monoisotopic (exact) mass is 196 g/mol. The zero-order valence-corrected chi connectivity index (χ0v) is 9.72. The molecule has 0 atom stereocenters. The third-order valence-corrected chi connectivity index (χ3v) is 4.44. The molecule has 2 aliphatic rings. The van der Waals surface area contributed by atoms with Gasteiger partial charge >= 0.3 is 0 Å². The Labute approximate surface area is 88.2 Å². The lowest BCUT2D eigenvalue weighted by Gasteiger charge is -2.43. The molecule has 0 aromatic carbocycles. The van der Waals surface area contributed by atoms with E-state index in [9.17, 15) is 0 Å². The second-order valence-corrected chi connectivity index (χ2v) is 5.74. The zero-order valence-electron chi connectivity index (χ0n) is 9.72. The van der Waals surface area contributed by atoms with Gasteiger partial charge in [0.15, 0.2) is 0 Å². The van der Waals surface area contributed by atoms with Crippen molar-refractivity contribution >= 4 is 0 Å². The van der Waals surface area contributed by atoms with Crippen molar-refractivity contribution in [3.05, 3.63) is 0 Å². The van der Waals surface area contributed by atoms with Crippen LogP contribution in [0.4, 0.5) is 0 Å². The standard InChI is InChI=1S/C13H24O/c1-11(2)12-4-7-13(8-5-12)6-3-9-14-10-13/h11-12H,3-10H2,1-2H3/t12-,13+. The predicted octanol–water partition coefficient (Wildman–Crippen LogP) is 3.63. The summed E-state index contributed by atoms with van der Waals surface area (Å²) in [4.78, 5) is 0. The molecular weight excluding hydrogens is 172 g/mol. The highest BCUT2D eigenvalue weighted by molar-refractivity contribution is 4.87. The SMILES string of the molecule is CC(C)[C@H]1CC[C@]2(CCCOC2)CC1. The molecule has 0 aromatic heterocycles. The van der Waals surface area contributed by atoms with Gasteiger partial charge in [0, 0.05) is 6.61 Å². The van der Waals surface area contributed by atoms with Crippen LogP contribution < -0.4 is 0 Å². The largest absolute Gasteiger partial charge is 0.381 e. The van der Waals surface area contributed by atoms with Crippen LogP contribution in [0, 0.1) is 17.3 Å². The predicted molar refractivity (Wildman–Crippen MR) is 59.3 cm³/mol. The summed E-state index contributed by atoms with van der Waals surface area (Å²) < 4.78 is 5.66. The van der Waals surface area contributed by atoms with Crippen molar-refractivity contribution in [3.8, 4) is 0 Å². The van der Waals surface area contributed by atoms with Gasteiger partial charge in [-0.2, -0.15) is 0 Å². The van der Waals surface area contributed by atoms with Gasteiger partial charge in [0.1, 0.15) is 0 Å². The Morgan fingerprint density at radius 2 is 1.86 bits per heavy atom. The highest BCUT2D eigenvalue weighted by Gasteiger charge is 2.37. The molecule has 0 unspecified atom stereocenters. The van der Waals surface area contributed by atoms with E-state index < -0.39 is 0 Å². The molecule has 0 amide bonds. The Bertz CT molecular complexity index is 170. The maximum absolute atomic E-state index is 5.66. The van der Waals surface area contributed by atoms with Gasteiger partial charge in [-0.05, 0) is 55.8 Å². The molecule has 82 valence electrons. The molecule has 1 spiro atoms. The van der Waals surface area contributed by atoms with Gasteiger partial charge in [-0.3, -0.25) is 0 Å². The van der Waals surface area contributed by atoms with Crippen molar-refractivity contribution in [3.63, 3.8) is 0 Å². The summed E-state index contributed by atoms with van der Waals surface area (Å²) in [7, 11) is 0. The third-order valence-electron chi connectivity index (χ3n) is 4.44. The van der Waals surface area contributed by atoms with Crippen molar-refractivity contribution in [2.24, 2.45) is 17.3 Å². The first kappa shape index (κ1) is 10.5. The van der Waals surface area contributed by atoms with Gasteiger partial charge in [-0.1, -0.05) is 13.8 Å². The lowest BCUT2D eigenvalue weighted by atomic mass is 9.66. The smallest absolute Gasteiger partial charge is 0.0522 e. The summed E-state index contributed by atoms with van der Waals surface area (Å²) >= 11 is 0. The zero-order chi connectivity index (χ0) is 10.0. The maximum Gasteiger partial charge on any atom is 0.0522 e. The third kappa shape index (κ3) is 2.13. The summed E-state index contributed by atoms with van der Waals surface area (Å²) in [6, 6.07) is 0. The van der Waals surface area contributed by atoms with E-state index in [1.807, 2.05) is 0 Å². The van der Waals surface area contributed by atoms with Crippen LogP contribution in [0.2, 0.25) is 0 Å². The van der Waals surface area contributed by atoms with Gasteiger partial charge in [-0.25, -0.2) is 0 Å². The topological polar surface area (TPSA) is 9.23 Å². The maximum atomic E-state index is 5.66. The fourth-order valence-electron chi connectivity index (χ4n) is 3.22. The fourth-order valence-corrected chi connectivity index (χ4v) is 3.22. The Hall–Kier alpha value is -0.0400. The number of ether oxygens (including phenoxy) is 1. The molecule has 14 heavy (non-hydrogen) atoms. The van der Waals surface area contributed by atoms with Gasteiger partial charge in [-0.15, -0.1) is 0 Å². The molecule has 0 N–H and O–H groups in total. The van der Waals surface area contributed by atoms with Gasteiger partial charge in [0.05, 0.1) is 6.61 Å². The highest BCUT2D eigenvalue weighted by atomic mass is 16.5. The lowest BCUT2D eigenvalue weighted by molar-refractivity contribution is -0.0390. The van der Waals surface area contributed by atoms with Crippen molar-refractivity contribution in [1.82, 2.24) is 0 Å². The van der Waals surface area contributed by atoms with Crippen LogP contribution in [0.3, 0.4) is 0 Å². The van der Waals surface area contributed by atoms with Crippen LogP contribution in [0.15, 0.2) is 0 Å². The summed E-state index contributed by atoms with van der Waals surface area (Å²) in [6.45, 7) is 6.81. The van der Waals surface area contributed by atoms with E-state index in [1.165, 1.54) is 38.5 Å². The van der Waals surface area contributed by atoms with E-state index >= 15 is 0 Å². The molecule has 0 radical (unpaired) electrons. The van der Waals surface area contributed by atoms with E-state index in [0.717, 1.165) is 25.0 Å². The van der Waals surface area contributed by atoms with E-state index in [1.54, 1.807) is 0 Å². The molecule has 1 aliphatic carbocycles. The molecule has 2 fully saturated rings. The van der Waals surface area contributed by atoms with Crippen molar-refractivity contribution in [2.75, 3.05) is 13.2 Å². The molecule has 0 bridgehead atoms. The van der Waals surface area contributed by atoms with E-state index in [4.69, 9.17) is 4.74 Å². The molecule has 1 saturated carbocycles. The van der Waals surface area contributed by atoms with Crippen molar-refractivity contribution in [2.45, 2.75) is 52.4 Å². The van der Waals surface area contributed by atoms with Crippen LogP contribution in [-0.4, -0.2) is 13.2 Å². The average molecular weight is 196 g/mol. The van der Waals surface area contributed by atoms with Crippen LogP contribution >= 0.6 is 0 Å². The van der Waals surface area contributed by atoms with Crippen LogP contribution in [0.1, 0.15) is 52.4 Å². The average Bonchev–Trinajstić information content (AvgIpc) is 2.19. The Morgan fingerprint density at radius 3 is 2.36 bits per heavy atom. The summed E-state index contributed by atoms with van der Waals surface area (Å²) in [6.07, 6.45) is 8.47. The molecule has 1 heteroatoms. The Balaban J connectivity index is 1.87. The van der Waals surface area contributed by atoms with Gasteiger partial charge < -0.3 is 4.74 Å². The van der Waals surface area contributed by atoms with Crippen LogP contribution in [0.25, 0.3) is 0 Å². The fraction of sp³-hybridized carbons (Fsp3) is 1.00. The van der Waals surface area contributed by atoms with Gasteiger partial charge in [0.2, 0.25) is 0 Å². The number of hydrogen-bond acceptors (Lipinski definition) is 1. The quantitative estimate of drug-likeness (QED) is 0.622. The lowest BCUT2D eigenvalue weighted by Crippen LogP contribution is -2.36. The molecule has 0 aromatic rings. The first-order chi connectivity index (χ1) is 6.72. The first-order valence-corrected chi connectivity index (χ1v) is 6.30. The number of rotatable bonds is 1. The molecular formula is C13H24O.